The van der Waals surface area contributed by atoms with E-state index in [0.29, 0.717) is 0 Å². The zero-order valence-corrected chi connectivity index (χ0v) is 7.58. The van der Waals surface area contributed by atoms with Crippen molar-refractivity contribution in [2.24, 2.45) is 0 Å². The molecule has 0 amide bonds. The summed E-state index contributed by atoms with van der Waals surface area (Å²) in [6, 6.07) is -2.05. The number of carboxylic acid groups (broad SMARTS) is 1. The summed E-state index contributed by atoms with van der Waals surface area (Å²) < 4.78 is 36.8. The molecule has 0 rings (SSSR count). The van der Waals surface area contributed by atoms with E-state index in [0.717, 1.165) is 11.9 Å². The normalized spacial score (nSPS) is 14.4. The van der Waals surface area contributed by atoms with Gasteiger partial charge >= 0.3 is 12.1 Å². The van der Waals surface area contributed by atoms with Gasteiger partial charge in [0.2, 0.25) is 0 Å². The molecular formula is C7H12F3NO3. The summed E-state index contributed by atoms with van der Waals surface area (Å²) in [7, 11) is 1.12. The third-order valence-electron chi connectivity index (χ3n) is 1.73. The molecule has 0 fully saturated rings. The lowest BCUT2D eigenvalue weighted by molar-refractivity contribution is -0.188. The van der Waals surface area contributed by atoms with Gasteiger partial charge < -0.3 is 10.2 Å². The first-order valence-electron chi connectivity index (χ1n) is 3.88. The highest BCUT2D eigenvalue weighted by molar-refractivity contribution is 5.67. The number of rotatable bonds is 5. The molecule has 0 saturated heterocycles. The van der Waals surface area contributed by atoms with E-state index in [-0.39, 0.29) is 6.54 Å². The lowest BCUT2D eigenvalue weighted by Gasteiger charge is -2.27. The van der Waals surface area contributed by atoms with Crippen LogP contribution in [0, 0.1) is 0 Å². The molecule has 0 aliphatic rings. The molecular weight excluding hydrogens is 203 g/mol. The van der Waals surface area contributed by atoms with Crippen LogP contribution >= 0.6 is 0 Å². The van der Waals surface area contributed by atoms with Crippen molar-refractivity contribution >= 4 is 5.97 Å². The molecule has 0 heterocycles. The first kappa shape index (κ1) is 13.2. The fourth-order valence-electron chi connectivity index (χ4n) is 1.00. The van der Waals surface area contributed by atoms with Gasteiger partial charge in [0.05, 0.1) is 13.0 Å². The van der Waals surface area contributed by atoms with Crippen molar-refractivity contribution in [2.75, 3.05) is 20.2 Å². The van der Waals surface area contributed by atoms with Crippen molar-refractivity contribution in [1.29, 1.82) is 0 Å². The molecule has 0 spiro atoms. The summed E-state index contributed by atoms with van der Waals surface area (Å²) in [6.07, 6.45) is -5.61. The van der Waals surface area contributed by atoms with Gasteiger partial charge in [0, 0.05) is 6.54 Å². The second-order valence-corrected chi connectivity index (χ2v) is 2.86. The Bertz CT molecular complexity index is 195. The Morgan fingerprint density at radius 3 is 2.29 bits per heavy atom. The molecule has 0 aliphatic carbocycles. The fourth-order valence-corrected chi connectivity index (χ4v) is 1.00. The fraction of sp³-hybridized carbons (Fsp3) is 0.857. The lowest BCUT2D eigenvalue weighted by atomic mass is 10.2. The zero-order chi connectivity index (χ0) is 11.4. The minimum atomic E-state index is -4.59. The molecule has 84 valence electrons. The monoisotopic (exact) mass is 215 g/mol. The number of carboxylic acids is 1. The van der Waals surface area contributed by atoms with Crippen molar-refractivity contribution in [3.8, 4) is 0 Å². The molecule has 4 nitrogen and oxygen atoms in total. The van der Waals surface area contributed by atoms with E-state index in [1.807, 2.05) is 0 Å². The third kappa shape index (κ3) is 4.43. The number of hydrogen-bond donors (Lipinski definition) is 2. The van der Waals surface area contributed by atoms with Crippen LogP contribution in [0.5, 0.6) is 0 Å². The maximum Gasteiger partial charge on any atom is 0.404 e. The molecule has 1 unspecified atom stereocenters. The Morgan fingerprint density at radius 2 is 2.00 bits per heavy atom. The van der Waals surface area contributed by atoms with Gasteiger partial charge in [-0.15, -0.1) is 0 Å². The van der Waals surface area contributed by atoms with Crippen LogP contribution in [0.4, 0.5) is 13.2 Å². The molecule has 0 aromatic carbocycles. The maximum atomic E-state index is 12.3. The SMILES string of the molecule is CN(CCO)C(CC(=O)O)C(F)(F)F. The molecule has 0 radical (unpaired) electrons. The highest BCUT2D eigenvalue weighted by Crippen LogP contribution is 2.26. The summed E-state index contributed by atoms with van der Waals surface area (Å²) in [4.78, 5) is 10.9. The van der Waals surface area contributed by atoms with Gasteiger partial charge in [-0.25, -0.2) is 0 Å². The summed E-state index contributed by atoms with van der Waals surface area (Å²) in [6.45, 7) is -0.653. The van der Waals surface area contributed by atoms with E-state index in [2.05, 4.69) is 0 Å². The highest BCUT2D eigenvalue weighted by Gasteiger charge is 2.43. The van der Waals surface area contributed by atoms with Crippen LogP contribution in [0.3, 0.4) is 0 Å². The smallest absolute Gasteiger partial charge is 0.404 e. The number of likely N-dealkylation sites (N-methyl/N-ethyl adjacent to an activating group) is 1. The van der Waals surface area contributed by atoms with E-state index in [4.69, 9.17) is 10.2 Å². The van der Waals surface area contributed by atoms with Gasteiger partial charge in [-0.1, -0.05) is 0 Å². The van der Waals surface area contributed by atoms with E-state index in [1.165, 1.54) is 0 Å². The van der Waals surface area contributed by atoms with Crippen molar-refractivity contribution in [3.05, 3.63) is 0 Å². The largest absolute Gasteiger partial charge is 0.481 e. The van der Waals surface area contributed by atoms with Gasteiger partial charge in [-0.2, -0.15) is 13.2 Å². The Morgan fingerprint density at radius 1 is 1.50 bits per heavy atom. The van der Waals surface area contributed by atoms with Crippen LogP contribution in [0.1, 0.15) is 6.42 Å². The van der Waals surface area contributed by atoms with Gasteiger partial charge in [-0.3, -0.25) is 9.69 Å². The minimum Gasteiger partial charge on any atom is -0.481 e. The van der Waals surface area contributed by atoms with Crippen LogP contribution in [-0.4, -0.2) is 53.5 Å². The van der Waals surface area contributed by atoms with Crippen LogP contribution in [0.25, 0.3) is 0 Å². The van der Waals surface area contributed by atoms with Gasteiger partial charge in [0.1, 0.15) is 6.04 Å². The molecule has 0 aromatic heterocycles. The molecule has 1 atom stereocenters. The van der Waals surface area contributed by atoms with E-state index in [1.54, 1.807) is 0 Å². The zero-order valence-electron chi connectivity index (χ0n) is 7.58. The van der Waals surface area contributed by atoms with Crippen molar-refractivity contribution < 1.29 is 28.2 Å². The van der Waals surface area contributed by atoms with Crippen LogP contribution < -0.4 is 0 Å². The predicted octanol–water partition coefficient (Wildman–Crippen LogP) is 0.316. The van der Waals surface area contributed by atoms with E-state index >= 15 is 0 Å². The number of carbonyl (C=O) groups is 1. The summed E-state index contributed by atoms with van der Waals surface area (Å²) in [5.41, 5.74) is 0. The number of aliphatic hydroxyl groups is 1. The summed E-state index contributed by atoms with van der Waals surface area (Å²) >= 11 is 0. The summed E-state index contributed by atoms with van der Waals surface area (Å²) in [5.74, 6) is -1.52. The average molecular weight is 215 g/mol. The first-order chi connectivity index (χ1) is 6.29. The van der Waals surface area contributed by atoms with E-state index < -0.39 is 31.2 Å². The second-order valence-electron chi connectivity index (χ2n) is 2.86. The van der Waals surface area contributed by atoms with E-state index in [9.17, 15) is 18.0 Å². The Kier molecular flexibility index (Phi) is 4.86. The van der Waals surface area contributed by atoms with Crippen molar-refractivity contribution in [2.45, 2.75) is 18.6 Å². The number of aliphatic hydroxyl groups excluding tert-OH is 1. The van der Waals surface area contributed by atoms with Crippen molar-refractivity contribution in [1.82, 2.24) is 4.90 Å². The van der Waals surface area contributed by atoms with Gasteiger partial charge in [-0.05, 0) is 7.05 Å². The summed E-state index contributed by atoms with van der Waals surface area (Å²) in [5, 5.41) is 16.7. The van der Waals surface area contributed by atoms with Crippen LogP contribution in [0.2, 0.25) is 0 Å². The average Bonchev–Trinajstić information content (AvgIpc) is 1.98. The Labute approximate surface area is 78.9 Å². The molecule has 0 bridgehead atoms. The number of hydrogen-bond acceptors (Lipinski definition) is 3. The molecule has 0 aliphatic heterocycles. The number of nitrogens with zero attached hydrogens (tertiary/aromatic N) is 1. The Balaban J connectivity index is 4.46. The molecule has 2 N–H and O–H groups in total. The standard InChI is InChI=1S/C7H12F3NO3/c1-11(2-3-12)5(4-6(13)14)7(8,9)10/h5,12H,2-4H2,1H3,(H,13,14). The second kappa shape index (κ2) is 5.16. The minimum absolute atomic E-state index is 0.211. The lowest BCUT2D eigenvalue weighted by Crippen LogP contribution is -2.45. The topological polar surface area (TPSA) is 60.8 Å². The van der Waals surface area contributed by atoms with Crippen LogP contribution in [-0.2, 0) is 4.79 Å². The molecule has 0 aromatic rings. The molecule has 14 heavy (non-hydrogen) atoms. The number of alkyl halides is 3. The Hall–Kier alpha value is -0.820. The van der Waals surface area contributed by atoms with Gasteiger partial charge in [0.25, 0.3) is 0 Å². The predicted molar refractivity (Wildman–Crippen MR) is 41.8 cm³/mol. The van der Waals surface area contributed by atoms with Crippen LogP contribution in [0.15, 0.2) is 0 Å². The number of halogens is 3. The van der Waals surface area contributed by atoms with Gasteiger partial charge in [0.15, 0.2) is 0 Å². The number of aliphatic carboxylic acids is 1. The third-order valence-corrected chi connectivity index (χ3v) is 1.73. The maximum absolute atomic E-state index is 12.3. The van der Waals surface area contributed by atoms with Crippen molar-refractivity contribution in [3.63, 3.8) is 0 Å². The molecule has 0 saturated carbocycles. The quantitative estimate of drug-likeness (QED) is 0.693. The highest BCUT2D eigenvalue weighted by atomic mass is 19.4. The molecule has 7 heteroatoms. The first-order valence-corrected chi connectivity index (χ1v) is 3.88.